The maximum Gasteiger partial charge on any atom is 0.245 e. The van der Waals surface area contributed by atoms with Gasteiger partial charge in [0.05, 0.1) is 19.3 Å². The van der Waals surface area contributed by atoms with E-state index < -0.39 is 6.04 Å². The monoisotopic (exact) mass is 277 g/mol. The Morgan fingerprint density at radius 1 is 1.45 bits per heavy atom. The number of aromatic nitrogens is 1. The number of ether oxygens (including phenoxy) is 1. The molecule has 20 heavy (non-hydrogen) atoms. The Hall–Kier alpha value is -2.11. The van der Waals surface area contributed by atoms with E-state index in [-0.39, 0.29) is 18.4 Å². The van der Waals surface area contributed by atoms with Gasteiger partial charge in [0.15, 0.2) is 0 Å². The summed E-state index contributed by atoms with van der Waals surface area (Å²) < 4.78 is 5.06. The molecule has 1 aromatic rings. The summed E-state index contributed by atoms with van der Waals surface area (Å²) >= 11 is 0. The van der Waals surface area contributed by atoms with Crippen LogP contribution in [0.2, 0.25) is 0 Å². The minimum Gasteiger partial charge on any atom is -0.481 e. The first-order valence-electron chi connectivity index (χ1n) is 6.72. The number of methoxy groups -OCH3 is 1. The minimum atomic E-state index is -0.410. The summed E-state index contributed by atoms with van der Waals surface area (Å²) in [5, 5.41) is 2.73. The molecule has 0 bridgehead atoms. The SMILES string of the molecule is CCCC1NC(=O)CN(Cc2cccc(OC)n2)C1=O. The number of pyridine rings is 1. The van der Waals surface area contributed by atoms with Gasteiger partial charge in [-0.25, -0.2) is 4.98 Å². The predicted octanol–water partition coefficient (Wildman–Crippen LogP) is 0.717. The van der Waals surface area contributed by atoms with E-state index in [9.17, 15) is 9.59 Å². The molecule has 0 radical (unpaired) electrons. The second-order valence-electron chi connectivity index (χ2n) is 4.77. The van der Waals surface area contributed by atoms with Crippen molar-refractivity contribution >= 4 is 11.8 Å². The minimum absolute atomic E-state index is 0.0453. The Labute approximate surface area is 118 Å². The molecule has 1 fully saturated rings. The Bertz CT molecular complexity index is 504. The van der Waals surface area contributed by atoms with Crippen LogP contribution in [0.1, 0.15) is 25.5 Å². The zero-order valence-electron chi connectivity index (χ0n) is 11.8. The number of carbonyl (C=O) groups excluding carboxylic acids is 2. The van der Waals surface area contributed by atoms with E-state index in [0.29, 0.717) is 24.5 Å². The maximum atomic E-state index is 12.3. The molecule has 6 heteroatoms. The molecule has 0 aromatic carbocycles. The molecule has 1 aliphatic heterocycles. The van der Waals surface area contributed by atoms with Gasteiger partial charge < -0.3 is 15.0 Å². The van der Waals surface area contributed by atoms with Gasteiger partial charge in [-0.2, -0.15) is 0 Å². The van der Waals surface area contributed by atoms with Crippen LogP contribution in [-0.2, 0) is 16.1 Å². The second-order valence-corrected chi connectivity index (χ2v) is 4.77. The number of piperazine rings is 1. The molecule has 1 unspecified atom stereocenters. The first-order chi connectivity index (χ1) is 9.63. The molecule has 6 nitrogen and oxygen atoms in total. The second kappa shape index (κ2) is 6.36. The van der Waals surface area contributed by atoms with Gasteiger partial charge in [-0.15, -0.1) is 0 Å². The van der Waals surface area contributed by atoms with Crippen LogP contribution in [0.15, 0.2) is 18.2 Å². The quantitative estimate of drug-likeness (QED) is 0.860. The number of rotatable bonds is 5. The fourth-order valence-electron chi connectivity index (χ4n) is 2.25. The van der Waals surface area contributed by atoms with Crippen molar-refractivity contribution in [1.29, 1.82) is 0 Å². The van der Waals surface area contributed by atoms with E-state index in [4.69, 9.17) is 4.74 Å². The van der Waals surface area contributed by atoms with Gasteiger partial charge in [0.25, 0.3) is 0 Å². The first-order valence-corrected chi connectivity index (χ1v) is 6.72. The highest BCUT2D eigenvalue weighted by atomic mass is 16.5. The highest BCUT2D eigenvalue weighted by molar-refractivity contribution is 5.94. The lowest BCUT2D eigenvalue weighted by Gasteiger charge is -2.32. The van der Waals surface area contributed by atoms with E-state index in [1.807, 2.05) is 19.1 Å². The van der Waals surface area contributed by atoms with E-state index >= 15 is 0 Å². The molecule has 108 valence electrons. The molecule has 2 heterocycles. The van der Waals surface area contributed by atoms with Crippen LogP contribution in [-0.4, -0.2) is 41.4 Å². The molecule has 0 aliphatic carbocycles. The van der Waals surface area contributed by atoms with E-state index in [1.165, 1.54) is 0 Å². The molecule has 1 aliphatic rings. The fourth-order valence-corrected chi connectivity index (χ4v) is 2.25. The maximum absolute atomic E-state index is 12.3. The Morgan fingerprint density at radius 3 is 2.95 bits per heavy atom. The summed E-state index contributed by atoms with van der Waals surface area (Å²) in [5.74, 6) is 0.337. The Morgan fingerprint density at radius 2 is 2.25 bits per heavy atom. The molecule has 1 N–H and O–H groups in total. The van der Waals surface area contributed by atoms with Crippen molar-refractivity contribution in [2.45, 2.75) is 32.4 Å². The van der Waals surface area contributed by atoms with Crippen LogP contribution in [0.4, 0.5) is 0 Å². The lowest BCUT2D eigenvalue weighted by molar-refractivity contribution is -0.145. The van der Waals surface area contributed by atoms with Crippen molar-refractivity contribution in [3.8, 4) is 5.88 Å². The summed E-state index contributed by atoms with van der Waals surface area (Å²) in [6, 6.07) is 4.97. The summed E-state index contributed by atoms with van der Waals surface area (Å²) in [6.07, 6.45) is 1.51. The highest BCUT2D eigenvalue weighted by Gasteiger charge is 2.31. The fraction of sp³-hybridized carbons (Fsp3) is 0.500. The van der Waals surface area contributed by atoms with Gasteiger partial charge in [0, 0.05) is 6.07 Å². The number of hydrogen-bond donors (Lipinski definition) is 1. The zero-order valence-corrected chi connectivity index (χ0v) is 11.8. The molecule has 1 saturated heterocycles. The van der Waals surface area contributed by atoms with Crippen molar-refractivity contribution in [2.75, 3.05) is 13.7 Å². The van der Waals surface area contributed by atoms with E-state index in [0.717, 1.165) is 6.42 Å². The van der Waals surface area contributed by atoms with Crippen molar-refractivity contribution < 1.29 is 14.3 Å². The predicted molar refractivity (Wildman–Crippen MR) is 73.0 cm³/mol. The molecule has 1 atom stereocenters. The standard InChI is InChI=1S/C14H19N3O3/c1-3-5-11-14(19)17(9-12(18)16-11)8-10-6-4-7-13(15-10)20-2/h4,6-7,11H,3,5,8-9H2,1-2H3,(H,16,18). The normalized spacial score (nSPS) is 18.9. The van der Waals surface area contributed by atoms with Crippen LogP contribution in [0, 0.1) is 0 Å². The van der Waals surface area contributed by atoms with Gasteiger partial charge in [0.2, 0.25) is 17.7 Å². The summed E-state index contributed by atoms with van der Waals surface area (Å²) in [6.45, 7) is 2.39. The molecular formula is C14H19N3O3. The largest absolute Gasteiger partial charge is 0.481 e. The number of amides is 2. The van der Waals surface area contributed by atoms with Crippen molar-refractivity contribution in [2.24, 2.45) is 0 Å². The van der Waals surface area contributed by atoms with Crippen LogP contribution in [0.5, 0.6) is 5.88 Å². The van der Waals surface area contributed by atoms with Crippen molar-refractivity contribution in [3.63, 3.8) is 0 Å². The van der Waals surface area contributed by atoms with E-state index in [1.54, 1.807) is 18.1 Å². The number of hydrogen-bond acceptors (Lipinski definition) is 4. The van der Waals surface area contributed by atoms with Gasteiger partial charge in [0.1, 0.15) is 12.6 Å². The smallest absolute Gasteiger partial charge is 0.245 e. The van der Waals surface area contributed by atoms with Crippen LogP contribution in [0.3, 0.4) is 0 Å². The molecule has 2 rings (SSSR count). The lowest BCUT2D eigenvalue weighted by Crippen LogP contribution is -2.57. The molecular weight excluding hydrogens is 258 g/mol. The average molecular weight is 277 g/mol. The highest BCUT2D eigenvalue weighted by Crippen LogP contribution is 2.13. The summed E-state index contributed by atoms with van der Waals surface area (Å²) in [7, 11) is 1.54. The lowest BCUT2D eigenvalue weighted by atomic mass is 10.1. The van der Waals surface area contributed by atoms with Crippen molar-refractivity contribution in [3.05, 3.63) is 23.9 Å². The van der Waals surface area contributed by atoms with Crippen LogP contribution in [0.25, 0.3) is 0 Å². The zero-order chi connectivity index (χ0) is 14.5. The summed E-state index contributed by atoms with van der Waals surface area (Å²) in [4.78, 5) is 29.8. The van der Waals surface area contributed by atoms with Crippen LogP contribution < -0.4 is 10.1 Å². The number of carbonyl (C=O) groups is 2. The third-order valence-corrected chi connectivity index (χ3v) is 3.20. The van der Waals surface area contributed by atoms with Gasteiger partial charge in [-0.1, -0.05) is 19.4 Å². The van der Waals surface area contributed by atoms with Gasteiger partial charge in [-0.05, 0) is 12.5 Å². The average Bonchev–Trinajstić information content (AvgIpc) is 2.44. The Kier molecular flexibility index (Phi) is 4.55. The van der Waals surface area contributed by atoms with Crippen LogP contribution >= 0.6 is 0 Å². The molecule has 0 spiro atoms. The topological polar surface area (TPSA) is 71.5 Å². The third kappa shape index (κ3) is 3.26. The first kappa shape index (κ1) is 14.3. The molecule has 1 aromatic heterocycles. The van der Waals surface area contributed by atoms with Crippen molar-refractivity contribution in [1.82, 2.24) is 15.2 Å². The molecule has 0 saturated carbocycles. The van der Waals surface area contributed by atoms with Gasteiger partial charge >= 0.3 is 0 Å². The number of nitrogens with zero attached hydrogens (tertiary/aromatic N) is 2. The van der Waals surface area contributed by atoms with Gasteiger partial charge in [-0.3, -0.25) is 9.59 Å². The molecule has 2 amide bonds. The third-order valence-electron chi connectivity index (χ3n) is 3.20. The Balaban J connectivity index is 2.10. The number of nitrogens with one attached hydrogen (secondary N) is 1. The summed E-state index contributed by atoms with van der Waals surface area (Å²) in [5.41, 5.74) is 0.711. The van der Waals surface area contributed by atoms with E-state index in [2.05, 4.69) is 10.3 Å².